The first kappa shape index (κ1) is 12.7. The van der Waals surface area contributed by atoms with Crippen LogP contribution in [-0.4, -0.2) is 43.5 Å². The molecule has 0 spiro atoms. The Morgan fingerprint density at radius 2 is 1.86 bits per heavy atom. The Balaban J connectivity index is 3.54. The van der Waals surface area contributed by atoms with Crippen LogP contribution in [0.1, 0.15) is 20.3 Å². The van der Waals surface area contributed by atoms with Crippen LogP contribution in [-0.2, 0) is 4.79 Å². The second kappa shape index (κ2) is 6.23. The van der Waals surface area contributed by atoms with Gasteiger partial charge >= 0.3 is 6.03 Å². The molecule has 0 fully saturated rings. The van der Waals surface area contributed by atoms with E-state index in [2.05, 4.69) is 10.6 Å². The fourth-order valence-corrected chi connectivity index (χ4v) is 0.835. The Labute approximate surface area is 84.8 Å². The number of hydrogen-bond donors (Lipinski definition) is 2. The summed E-state index contributed by atoms with van der Waals surface area (Å²) in [7, 11) is 3.31. The van der Waals surface area contributed by atoms with Gasteiger partial charge in [-0.2, -0.15) is 0 Å². The van der Waals surface area contributed by atoms with Crippen molar-refractivity contribution in [2.45, 2.75) is 26.3 Å². The third-order valence-corrected chi connectivity index (χ3v) is 1.48. The summed E-state index contributed by atoms with van der Waals surface area (Å²) in [5.74, 6) is -0.0425. The zero-order valence-corrected chi connectivity index (χ0v) is 9.26. The molecule has 0 saturated carbocycles. The first-order valence-electron chi connectivity index (χ1n) is 4.68. The molecule has 0 aromatic rings. The minimum atomic E-state index is -0.178. The molecule has 0 aromatic heterocycles. The summed E-state index contributed by atoms with van der Waals surface area (Å²) in [5, 5.41) is 5.35. The van der Waals surface area contributed by atoms with Crippen molar-refractivity contribution in [1.82, 2.24) is 15.5 Å². The second-order valence-electron chi connectivity index (χ2n) is 3.60. The van der Waals surface area contributed by atoms with E-state index >= 15 is 0 Å². The lowest BCUT2D eigenvalue weighted by Crippen LogP contribution is -2.38. The maximum atomic E-state index is 11.1. The van der Waals surface area contributed by atoms with Crippen molar-refractivity contribution in [1.29, 1.82) is 0 Å². The Hall–Kier alpha value is -1.26. The van der Waals surface area contributed by atoms with Crippen LogP contribution in [0.3, 0.4) is 0 Å². The highest BCUT2D eigenvalue weighted by molar-refractivity contribution is 5.78. The molecule has 14 heavy (non-hydrogen) atoms. The number of urea groups is 1. The van der Waals surface area contributed by atoms with E-state index in [4.69, 9.17) is 0 Å². The van der Waals surface area contributed by atoms with Crippen molar-refractivity contribution in [3.05, 3.63) is 0 Å². The SMILES string of the molecule is CC(C)NC(=O)CCNC(=O)N(C)C. The number of hydrogen-bond acceptors (Lipinski definition) is 2. The highest BCUT2D eigenvalue weighted by Gasteiger charge is 2.05. The molecule has 0 radical (unpaired) electrons. The molecule has 0 saturated heterocycles. The largest absolute Gasteiger partial charge is 0.354 e. The highest BCUT2D eigenvalue weighted by atomic mass is 16.2. The molecular formula is C9H19N3O2. The average Bonchev–Trinajstić information content (AvgIpc) is 2.02. The predicted octanol–water partition coefficient (Wildman–Crippen LogP) is 0.172. The quantitative estimate of drug-likeness (QED) is 0.681. The topological polar surface area (TPSA) is 61.4 Å². The minimum Gasteiger partial charge on any atom is -0.354 e. The Morgan fingerprint density at radius 1 is 1.29 bits per heavy atom. The van der Waals surface area contributed by atoms with Gasteiger partial charge in [0.1, 0.15) is 0 Å². The summed E-state index contributed by atoms with van der Waals surface area (Å²) < 4.78 is 0. The summed E-state index contributed by atoms with van der Waals surface area (Å²) in [5.41, 5.74) is 0. The van der Waals surface area contributed by atoms with E-state index in [0.29, 0.717) is 13.0 Å². The molecule has 0 heterocycles. The Morgan fingerprint density at radius 3 is 2.29 bits per heavy atom. The fourth-order valence-electron chi connectivity index (χ4n) is 0.835. The van der Waals surface area contributed by atoms with Crippen LogP contribution >= 0.6 is 0 Å². The molecule has 0 aliphatic heterocycles. The van der Waals surface area contributed by atoms with Crippen molar-refractivity contribution in [3.8, 4) is 0 Å². The second-order valence-corrected chi connectivity index (χ2v) is 3.60. The number of rotatable bonds is 4. The van der Waals surface area contributed by atoms with Gasteiger partial charge in [0.2, 0.25) is 5.91 Å². The van der Waals surface area contributed by atoms with E-state index in [1.807, 2.05) is 13.8 Å². The molecule has 3 amide bonds. The molecule has 82 valence electrons. The molecule has 0 atom stereocenters. The van der Waals surface area contributed by atoms with Gasteiger partial charge in [-0.1, -0.05) is 0 Å². The normalized spacial score (nSPS) is 9.79. The molecule has 0 aliphatic rings. The van der Waals surface area contributed by atoms with Gasteiger partial charge in [-0.25, -0.2) is 4.79 Å². The lowest BCUT2D eigenvalue weighted by atomic mass is 10.3. The lowest BCUT2D eigenvalue weighted by molar-refractivity contribution is -0.121. The average molecular weight is 201 g/mol. The number of carbonyl (C=O) groups excluding carboxylic acids is 2. The smallest absolute Gasteiger partial charge is 0.316 e. The summed E-state index contributed by atoms with van der Waals surface area (Å²) in [6, 6.07) is -0.0330. The van der Waals surface area contributed by atoms with E-state index in [-0.39, 0.29) is 18.0 Å². The third kappa shape index (κ3) is 6.28. The molecule has 0 bridgehead atoms. The maximum absolute atomic E-state index is 11.1. The van der Waals surface area contributed by atoms with Crippen molar-refractivity contribution in [2.75, 3.05) is 20.6 Å². The van der Waals surface area contributed by atoms with Gasteiger partial charge in [0.05, 0.1) is 0 Å². The lowest BCUT2D eigenvalue weighted by Gasteiger charge is -2.12. The minimum absolute atomic E-state index is 0.0425. The molecule has 5 nitrogen and oxygen atoms in total. The Bertz CT molecular complexity index is 202. The van der Waals surface area contributed by atoms with Gasteiger partial charge in [-0.3, -0.25) is 4.79 Å². The van der Waals surface area contributed by atoms with Crippen LogP contribution in [0.5, 0.6) is 0 Å². The fraction of sp³-hybridized carbons (Fsp3) is 0.778. The van der Waals surface area contributed by atoms with Gasteiger partial charge < -0.3 is 15.5 Å². The number of nitrogens with one attached hydrogen (secondary N) is 2. The van der Waals surface area contributed by atoms with Crippen LogP contribution in [0.25, 0.3) is 0 Å². The monoisotopic (exact) mass is 201 g/mol. The van der Waals surface area contributed by atoms with E-state index in [1.54, 1.807) is 14.1 Å². The third-order valence-electron chi connectivity index (χ3n) is 1.48. The predicted molar refractivity (Wildman–Crippen MR) is 55.0 cm³/mol. The summed E-state index contributed by atoms with van der Waals surface area (Å²) in [6.07, 6.45) is 0.317. The molecule has 5 heteroatoms. The first-order chi connectivity index (χ1) is 6.43. The first-order valence-corrected chi connectivity index (χ1v) is 4.68. The van der Waals surface area contributed by atoms with Crippen molar-refractivity contribution in [2.24, 2.45) is 0 Å². The van der Waals surface area contributed by atoms with Gasteiger partial charge in [0, 0.05) is 33.1 Å². The van der Waals surface area contributed by atoms with Crippen LogP contribution in [0, 0.1) is 0 Å². The number of carbonyl (C=O) groups is 2. The molecule has 2 N–H and O–H groups in total. The summed E-state index contributed by atoms with van der Waals surface area (Å²) >= 11 is 0. The van der Waals surface area contributed by atoms with E-state index in [1.165, 1.54) is 4.90 Å². The standard InChI is InChI=1S/C9H19N3O2/c1-7(2)11-8(13)5-6-10-9(14)12(3)4/h7H,5-6H2,1-4H3,(H,10,14)(H,11,13). The van der Waals surface area contributed by atoms with E-state index in [9.17, 15) is 9.59 Å². The van der Waals surface area contributed by atoms with Crippen molar-refractivity contribution in [3.63, 3.8) is 0 Å². The van der Waals surface area contributed by atoms with Gasteiger partial charge in [-0.15, -0.1) is 0 Å². The highest BCUT2D eigenvalue weighted by Crippen LogP contribution is 1.83. The van der Waals surface area contributed by atoms with E-state index < -0.39 is 0 Å². The van der Waals surface area contributed by atoms with Gasteiger partial charge in [0.25, 0.3) is 0 Å². The molecular weight excluding hydrogens is 182 g/mol. The zero-order valence-electron chi connectivity index (χ0n) is 9.26. The number of nitrogens with zero attached hydrogens (tertiary/aromatic N) is 1. The maximum Gasteiger partial charge on any atom is 0.316 e. The van der Waals surface area contributed by atoms with Crippen molar-refractivity contribution < 1.29 is 9.59 Å². The molecule has 0 unspecified atom stereocenters. The summed E-state index contributed by atoms with van der Waals surface area (Å²) in [6.45, 7) is 4.17. The molecule has 0 aromatic carbocycles. The van der Waals surface area contributed by atoms with Crippen LogP contribution in [0.2, 0.25) is 0 Å². The summed E-state index contributed by atoms with van der Waals surface area (Å²) in [4.78, 5) is 23.6. The van der Waals surface area contributed by atoms with Crippen LogP contribution < -0.4 is 10.6 Å². The zero-order chi connectivity index (χ0) is 11.1. The molecule has 0 rings (SSSR count). The number of amides is 3. The van der Waals surface area contributed by atoms with E-state index in [0.717, 1.165) is 0 Å². The van der Waals surface area contributed by atoms with Crippen LogP contribution in [0.4, 0.5) is 4.79 Å². The Kier molecular flexibility index (Phi) is 5.67. The molecule has 0 aliphatic carbocycles. The van der Waals surface area contributed by atoms with Crippen LogP contribution in [0.15, 0.2) is 0 Å². The van der Waals surface area contributed by atoms with Crippen molar-refractivity contribution >= 4 is 11.9 Å². The van der Waals surface area contributed by atoms with Gasteiger partial charge in [-0.05, 0) is 13.8 Å². The van der Waals surface area contributed by atoms with Gasteiger partial charge in [0.15, 0.2) is 0 Å².